The molecule has 3 N–H and O–H groups in total. The van der Waals surface area contributed by atoms with E-state index in [0.717, 1.165) is 54.4 Å². The number of rotatable bonds is 5. The largest absolute Gasteiger partial charge is 0.369 e. The van der Waals surface area contributed by atoms with E-state index < -0.39 is 0 Å². The summed E-state index contributed by atoms with van der Waals surface area (Å²) in [6.07, 6.45) is 3.03. The summed E-state index contributed by atoms with van der Waals surface area (Å²) in [5.74, 6) is 0.205. The minimum Gasteiger partial charge on any atom is -0.369 e. The Bertz CT molecular complexity index is 903. The Hall–Kier alpha value is -1.92. The van der Waals surface area contributed by atoms with Gasteiger partial charge in [-0.25, -0.2) is 4.39 Å². The fourth-order valence-electron chi connectivity index (χ4n) is 4.37. The predicted molar refractivity (Wildman–Crippen MR) is 103 cm³/mol. The first-order valence-corrected chi connectivity index (χ1v) is 9.52. The predicted octanol–water partition coefficient (Wildman–Crippen LogP) is 2.29. The maximum absolute atomic E-state index is 15.2. The molecule has 26 heavy (non-hydrogen) atoms. The number of benzene rings is 1. The highest BCUT2D eigenvalue weighted by molar-refractivity contribution is 5.90. The van der Waals surface area contributed by atoms with Crippen LogP contribution >= 0.6 is 0 Å². The number of halogens is 1. The SMILES string of the molecule is CNCc1cc(=O)n(C2CC2)c2c(C)c(N3CCC(CN)C3)c(F)cc12. The van der Waals surface area contributed by atoms with Gasteiger partial charge < -0.3 is 20.5 Å². The zero-order valence-electron chi connectivity index (χ0n) is 15.5. The minimum atomic E-state index is -0.203. The van der Waals surface area contributed by atoms with Crippen molar-refractivity contribution in [1.29, 1.82) is 0 Å². The highest BCUT2D eigenvalue weighted by atomic mass is 19.1. The number of fused-ring (bicyclic) bond motifs is 1. The van der Waals surface area contributed by atoms with Crippen LogP contribution in [0.5, 0.6) is 0 Å². The molecule has 4 rings (SSSR count). The highest BCUT2D eigenvalue weighted by Gasteiger charge is 2.31. The van der Waals surface area contributed by atoms with E-state index in [1.54, 1.807) is 12.1 Å². The molecule has 0 amide bonds. The molecule has 5 nitrogen and oxygen atoms in total. The van der Waals surface area contributed by atoms with E-state index in [2.05, 4.69) is 10.2 Å². The Morgan fingerprint density at radius 1 is 1.31 bits per heavy atom. The quantitative estimate of drug-likeness (QED) is 0.861. The normalized spacial score (nSPS) is 20.3. The Morgan fingerprint density at radius 2 is 2.08 bits per heavy atom. The van der Waals surface area contributed by atoms with Gasteiger partial charge in [0.15, 0.2) is 0 Å². The second-order valence-electron chi connectivity index (χ2n) is 7.70. The topological polar surface area (TPSA) is 63.3 Å². The van der Waals surface area contributed by atoms with Crippen molar-refractivity contribution < 1.29 is 4.39 Å². The number of aryl methyl sites for hydroxylation is 1. The van der Waals surface area contributed by atoms with Crippen LogP contribution in [-0.4, -0.2) is 31.2 Å². The van der Waals surface area contributed by atoms with Gasteiger partial charge in [-0.1, -0.05) is 0 Å². The summed E-state index contributed by atoms with van der Waals surface area (Å²) in [5.41, 5.74) is 9.11. The van der Waals surface area contributed by atoms with Crippen LogP contribution in [0.2, 0.25) is 0 Å². The zero-order chi connectivity index (χ0) is 18.4. The first kappa shape index (κ1) is 17.5. The molecule has 1 aromatic carbocycles. The average Bonchev–Trinajstić information content (AvgIpc) is 3.33. The van der Waals surface area contributed by atoms with Crippen molar-refractivity contribution in [3.05, 3.63) is 39.4 Å². The van der Waals surface area contributed by atoms with Crippen molar-refractivity contribution in [3.8, 4) is 0 Å². The summed E-state index contributed by atoms with van der Waals surface area (Å²) < 4.78 is 17.0. The van der Waals surface area contributed by atoms with E-state index in [1.165, 1.54) is 0 Å². The number of pyridine rings is 1. The Morgan fingerprint density at radius 3 is 2.69 bits per heavy atom. The summed E-state index contributed by atoms with van der Waals surface area (Å²) in [6.45, 7) is 4.73. The van der Waals surface area contributed by atoms with Gasteiger partial charge in [0, 0.05) is 37.1 Å². The van der Waals surface area contributed by atoms with Gasteiger partial charge in [-0.05, 0) is 62.9 Å². The molecule has 6 heteroatoms. The maximum atomic E-state index is 15.2. The van der Waals surface area contributed by atoms with Gasteiger partial charge in [-0.3, -0.25) is 4.79 Å². The van der Waals surface area contributed by atoms with Gasteiger partial charge in [0.25, 0.3) is 5.56 Å². The second-order valence-corrected chi connectivity index (χ2v) is 7.70. The van der Waals surface area contributed by atoms with Crippen LogP contribution in [0.1, 0.15) is 36.4 Å². The molecule has 1 unspecified atom stereocenters. The van der Waals surface area contributed by atoms with Crippen LogP contribution in [-0.2, 0) is 6.54 Å². The van der Waals surface area contributed by atoms with E-state index in [-0.39, 0.29) is 17.4 Å². The molecular formula is C20H27FN4O. The molecule has 1 aromatic heterocycles. The first-order chi connectivity index (χ1) is 12.5. The van der Waals surface area contributed by atoms with Gasteiger partial charge in [0.05, 0.1) is 11.2 Å². The molecule has 2 fully saturated rings. The lowest BCUT2D eigenvalue weighted by molar-refractivity contribution is 0.597. The number of hydrogen-bond acceptors (Lipinski definition) is 4. The van der Waals surface area contributed by atoms with Crippen LogP contribution in [0.4, 0.5) is 10.1 Å². The molecule has 0 spiro atoms. The Labute approximate surface area is 153 Å². The standard InChI is InChI=1S/C20H27FN4O/c1-12-19-16(8-17(21)20(12)24-6-5-13(9-22)11-24)14(10-23-2)7-18(26)25(19)15-3-4-15/h7-8,13,15,23H,3-6,9-11,22H2,1-2H3. The van der Waals surface area contributed by atoms with Gasteiger partial charge in [-0.15, -0.1) is 0 Å². The average molecular weight is 358 g/mol. The number of nitrogens with zero attached hydrogens (tertiary/aromatic N) is 2. The smallest absolute Gasteiger partial charge is 0.251 e. The Balaban J connectivity index is 1.95. The number of hydrogen-bond donors (Lipinski definition) is 2. The zero-order valence-corrected chi connectivity index (χ0v) is 15.5. The van der Waals surface area contributed by atoms with Crippen LogP contribution < -0.4 is 21.5 Å². The molecule has 2 heterocycles. The first-order valence-electron chi connectivity index (χ1n) is 9.52. The van der Waals surface area contributed by atoms with Crippen molar-refractivity contribution in [2.45, 2.75) is 38.8 Å². The van der Waals surface area contributed by atoms with Crippen molar-refractivity contribution in [1.82, 2.24) is 9.88 Å². The number of nitrogens with one attached hydrogen (secondary N) is 1. The fraction of sp³-hybridized carbons (Fsp3) is 0.550. The summed E-state index contributed by atoms with van der Waals surface area (Å²) in [6, 6.07) is 3.54. The van der Waals surface area contributed by atoms with Gasteiger partial charge in [-0.2, -0.15) is 0 Å². The highest BCUT2D eigenvalue weighted by Crippen LogP contribution is 2.40. The van der Waals surface area contributed by atoms with E-state index >= 15 is 4.39 Å². The van der Waals surface area contributed by atoms with E-state index in [1.807, 2.05) is 18.5 Å². The van der Waals surface area contributed by atoms with Gasteiger partial charge in [0.1, 0.15) is 5.82 Å². The molecule has 0 radical (unpaired) electrons. The van der Waals surface area contributed by atoms with E-state index in [0.29, 0.717) is 24.7 Å². The van der Waals surface area contributed by atoms with Crippen LogP contribution in [0.3, 0.4) is 0 Å². The molecule has 1 aliphatic heterocycles. The van der Waals surface area contributed by atoms with Crippen LogP contribution in [0.25, 0.3) is 10.9 Å². The molecule has 2 aliphatic rings. The summed E-state index contributed by atoms with van der Waals surface area (Å²) >= 11 is 0. The van der Waals surface area contributed by atoms with E-state index in [9.17, 15) is 4.79 Å². The lowest BCUT2D eigenvalue weighted by Crippen LogP contribution is -2.26. The Kier molecular flexibility index (Phi) is 4.49. The number of nitrogens with two attached hydrogens (primary N) is 1. The molecule has 1 aliphatic carbocycles. The summed E-state index contributed by atoms with van der Waals surface area (Å²) in [4.78, 5) is 14.9. The summed E-state index contributed by atoms with van der Waals surface area (Å²) in [5, 5.41) is 3.94. The van der Waals surface area contributed by atoms with E-state index in [4.69, 9.17) is 5.73 Å². The van der Waals surface area contributed by atoms with Crippen LogP contribution in [0, 0.1) is 18.7 Å². The van der Waals surface area contributed by atoms with Crippen molar-refractivity contribution in [2.75, 3.05) is 31.6 Å². The number of anilines is 1. The summed E-state index contributed by atoms with van der Waals surface area (Å²) in [7, 11) is 1.84. The van der Waals surface area contributed by atoms with Crippen molar-refractivity contribution >= 4 is 16.6 Å². The molecule has 140 valence electrons. The molecule has 0 bridgehead atoms. The monoisotopic (exact) mass is 358 g/mol. The van der Waals surface area contributed by atoms with Crippen LogP contribution in [0.15, 0.2) is 16.9 Å². The lowest BCUT2D eigenvalue weighted by atomic mass is 10.0. The molecule has 2 aromatic rings. The number of aromatic nitrogens is 1. The molecule has 1 saturated carbocycles. The fourth-order valence-corrected chi connectivity index (χ4v) is 4.37. The molecule has 1 saturated heterocycles. The second kappa shape index (κ2) is 6.67. The third kappa shape index (κ3) is 2.81. The molecular weight excluding hydrogens is 331 g/mol. The third-order valence-corrected chi connectivity index (χ3v) is 5.80. The minimum absolute atomic E-state index is 0.0205. The van der Waals surface area contributed by atoms with Gasteiger partial charge in [0.2, 0.25) is 0 Å². The lowest BCUT2D eigenvalue weighted by Gasteiger charge is -2.25. The van der Waals surface area contributed by atoms with Gasteiger partial charge >= 0.3 is 0 Å². The van der Waals surface area contributed by atoms with Crippen molar-refractivity contribution in [2.24, 2.45) is 11.7 Å². The maximum Gasteiger partial charge on any atom is 0.251 e. The van der Waals surface area contributed by atoms with Crippen molar-refractivity contribution in [3.63, 3.8) is 0 Å². The third-order valence-electron chi connectivity index (χ3n) is 5.80. The molecule has 1 atom stereocenters.